The van der Waals surface area contributed by atoms with Gasteiger partial charge in [0.25, 0.3) is 0 Å². The average molecular weight is 290 g/mol. The van der Waals surface area contributed by atoms with Crippen molar-refractivity contribution in [2.24, 2.45) is 0 Å². The molecular formula is C16H22N2O3. The zero-order valence-electron chi connectivity index (χ0n) is 12.3. The fraction of sp³-hybridized carbons (Fsp3) is 0.500. The van der Waals surface area contributed by atoms with Gasteiger partial charge in [-0.15, -0.1) is 0 Å². The van der Waals surface area contributed by atoms with Gasteiger partial charge in [-0.25, -0.2) is 0 Å². The summed E-state index contributed by atoms with van der Waals surface area (Å²) in [5.74, 6) is -0.768. The molecule has 1 fully saturated rings. The van der Waals surface area contributed by atoms with Gasteiger partial charge in [0.15, 0.2) is 0 Å². The van der Waals surface area contributed by atoms with E-state index in [1.165, 1.54) is 0 Å². The van der Waals surface area contributed by atoms with Gasteiger partial charge in [-0.2, -0.15) is 0 Å². The molecule has 1 aliphatic rings. The lowest BCUT2D eigenvalue weighted by molar-refractivity contribution is -0.136. The fourth-order valence-electron chi connectivity index (χ4n) is 2.69. The first kappa shape index (κ1) is 15.4. The summed E-state index contributed by atoms with van der Waals surface area (Å²) in [4.78, 5) is 24.7. The van der Waals surface area contributed by atoms with Crippen molar-refractivity contribution in [2.45, 2.75) is 38.6 Å². The lowest BCUT2D eigenvalue weighted by atomic mass is 10.0. The molecule has 5 heteroatoms. The number of rotatable bonds is 5. The normalized spacial score (nSPS) is 18.7. The Kier molecular flexibility index (Phi) is 5.20. The topological polar surface area (TPSA) is 69.6 Å². The number of benzene rings is 1. The Morgan fingerprint density at radius 3 is 2.76 bits per heavy atom. The number of hydrogen-bond acceptors (Lipinski definition) is 3. The van der Waals surface area contributed by atoms with Crippen molar-refractivity contribution in [2.75, 3.05) is 18.0 Å². The summed E-state index contributed by atoms with van der Waals surface area (Å²) in [5, 5.41) is 11.8. The minimum absolute atomic E-state index is 0.0462. The van der Waals surface area contributed by atoms with E-state index in [-0.39, 0.29) is 18.4 Å². The Morgan fingerprint density at radius 2 is 2.10 bits per heavy atom. The van der Waals surface area contributed by atoms with E-state index in [2.05, 4.69) is 10.2 Å². The molecule has 2 N–H and O–H groups in total. The number of nitrogens with zero attached hydrogens (tertiary/aromatic N) is 1. The van der Waals surface area contributed by atoms with E-state index in [0.717, 1.165) is 24.1 Å². The van der Waals surface area contributed by atoms with Crippen LogP contribution in [-0.4, -0.2) is 36.1 Å². The van der Waals surface area contributed by atoms with Crippen LogP contribution in [0.5, 0.6) is 0 Å². The lowest BCUT2D eigenvalue weighted by Gasteiger charge is -2.32. The van der Waals surface area contributed by atoms with Gasteiger partial charge >= 0.3 is 5.97 Å². The third kappa shape index (κ3) is 4.48. The highest BCUT2D eigenvalue weighted by Crippen LogP contribution is 2.23. The summed E-state index contributed by atoms with van der Waals surface area (Å²) in [7, 11) is 0. The van der Waals surface area contributed by atoms with Crippen molar-refractivity contribution in [3.8, 4) is 0 Å². The summed E-state index contributed by atoms with van der Waals surface area (Å²) >= 11 is 0. The molecule has 1 aromatic rings. The van der Waals surface area contributed by atoms with Gasteiger partial charge in [-0.05, 0) is 31.9 Å². The second kappa shape index (κ2) is 7.11. The zero-order valence-corrected chi connectivity index (χ0v) is 12.3. The molecule has 1 unspecified atom stereocenters. The van der Waals surface area contributed by atoms with Crippen LogP contribution in [0.4, 0.5) is 5.69 Å². The fourth-order valence-corrected chi connectivity index (χ4v) is 2.69. The summed E-state index contributed by atoms with van der Waals surface area (Å²) in [5.41, 5.74) is 2.15. The molecule has 0 saturated carbocycles. The maximum absolute atomic E-state index is 11.8. The maximum Gasteiger partial charge on any atom is 0.305 e. The van der Waals surface area contributed by atoms with E-state index in [1.807, 2.05) is 31.2 Å². The second-order valence-electron chi connectivity index (χ2n) is 5.52. The van der Waals surface area contributed by atoms with Crippen molar-refractivity contribution in [3.05, 3.63) is 29.8 Å². The average Bonchev–Trinajstić information content (AvgIpc) is 2.65. The molecule has 1 aliphatic heterocycles. The Morgan fingerprint density at radius 1 is 1.38 bits per heavy atom. The second-order valence-corrected chi connectivity index (χ2v) is 5.52. The first-order valence-electron chi connectivity index (χ1n) is 7.38. The van der Waals surface area contributed by atoms with Crippen LogP contribution in [0, 0.1) is 6.92 Å². The van der Waals surface area contributed by atoms with Crippen LogP contribution in [0.25, 0.3) is 0 Å². The van der Waals surface area contributed by atoms with Gasteiger partial charge in [-0.3, -0.25) is 9.59 Å². The molecule has 2 rings (SSSR count). The van der Waals surface area contributed by atoms with Crippen LogP contribution in [-0.2, 0) is 9.59 Å². The molecule has 1 aromatic carbocycles. The van der Waals surface area contributed by atoms with Gasteiger partial charge in [0, 0.05) is 31.2 Å². The van der Waals surface area contributed by atoms with Crippen molar-refractivity contribution >= 4 is 17.6 Å². The molecule has 0 bridgehead atoms. The highest BCUT2D eigenvalue weighted by Gasteiger charge is 2.24. The van der Waals surface area contributed by atoms with E-state index in [9.17, 15) is 9.59 Å². The van der Waals surface area contributed by atoms with Crippen LogP contribution >= 0.6 is 0 Å². The summed E-state index contributed by atoms with van der Waals surface area (Å²) < 4.78 is 0. The number of carboxylic acids is 1. The highest BCUT2D eigenvalue weighted by molar-refractivity contribution is 5.77. The molecule has 0 radical (unpaired) electrons. The molecule has 1 amide bonds. The van der Waals surface area contributed by atoms with E-state index in [4.69, 9.17) is 5.11 Å². The van der Waals surface area contributed by atoms with Crippen LogP contribution in [0.2, 0.25) is 0 Å². The number of aliphatic carboxylic acids is 1. The molecule has 1 atom stereocenters. The molecule has 0 aromatic heterocycles. The number of carbonyl (C=O) groups is 2. The number of hydrogen-bond donors (Lipinski definition) is 2. The van der Waals surface area contributed by atoms with E-state index >= 15 is 0 Å². The standard InChI is InChI=1S/C16H22N2O3/c1-12-4-6-13(7-5-12)18(10-8-16(20)21)14-3-2-9-17-15(19)11-14/h4-7,14H,2-3,8-11H2,1H3,(H,17,19)(H,20,21). The largest absolute Gasteiger partial charge is 0.481 e. The maximum atomic E-state index is 11.8. The monoisotopic (exact) mass is 290 g/mol. The Balaban J connectivity index is 2.19. The number of anilines is 1. The number of carboxylic acid groups (broad SMARTS) is 1. The van der Waals surface area contributed by atoms with Crippen LogP contribution in [0.15, 0.2) is 24.3 Å². The number of aryl methyl sites for hydroxylation is 1. The van der Waals surface area contributed by atoms with Crippen LogP contribution in [0.1, 0.15) is 31.2 Å². The summed E-state index contributed by atoms with van der Waals surface area (Å²) in [6.07, 6.45) is 2.32. The predicted molar refractivity (Wildman–Crippen MR) is 81.4 cm³/mol. The molecule has 1 heterocycles. The first-order chi connectivity index (χ1) is 10.1. The van der Waals surface area contributed by atoms with Crippen molar-refractivity contribution in [3.63, 3.8) is 0 Å². The SMILES string of the molecule is Cc1ccc(N(CCC(=O)O)C2CCCNC(=O)C2)cc1. The van der Waals surface area contributed by atoms with Gasteiger partial charge < -0.3 is 15.3 Å². The highest BCUT2D eigenvalue weighted by atomic mass is 16.4. The molecule has 21 heavy (non-hydrogen) atoms. The van der Waals surface area contributed by atoms with Crippen molar-refractivity contribution in [1.29, 1.82) is 0 Å². The number of amides is 1. The van der Waals surface area contributed by atoms with Gasteiger partial charge in [0.2, 0.25) is 5.91 Å². The van der Waals surface area contributed by atoms with Crippen molar-refractivity contribution in [1.82, 2.24) is 5.32 Å². The zero-order chi connectivity index (χ0) is 15.2. The summed E-state index contributed by atoms with van der Waals surface area (Å²) in [6, 6.07) is 8.09. The van der Waals surface area contributed by atoms with Crippen LogP contribution < -0.4 is 10.2 Å². The smallest absolute Gasteiger partial charge is 0.305 e. The quantitative estimate of drug-likeness (QED) is 0.869. The third-order valence-corrected chi connectivity index (χ3v) is 3.83. The molecular weight excluding hydrogens is 268 g/mol. The molecule has 114 valence electrons. The molecule has 0 spiro atoms. The number of nitrogens with one attached hydrogen (secondary N) is 1. The van der Waals surface area contributed by atoms with Crippen molar-refractivity contribution < 1.29 is 14.7 Å². The third-order valence-electron chi connectivity index (χ3n) is 3.83. The minimum Gasteiger partial charge on any atom is -0.481 e. The van der Waals surface area contributed by atoms with Gasteiger partial charge in [-0.1, -0.05) is 17.7 Å². The Labute approximate surface area is 125 Å². The Hall–Kier alpha value is -2.04. The minimum atomic E-state index is -0.815. The lowest BCUT2D eigenvalue weighted by Crippen LogP contribution is -2.38. The molecule has 0 aliphatic carbocycles. The van der Waals surface area contributed by atoms with Gasteiger partial charge in [0.1, 0.15) is 0 Å². The molecule has 5 nitrogen and oxygen atoms in total. The van der Waals surface area contributed by atoms with Crippen LogP contribution in [0.3, 0.4) is 0 Å². The van der Waals surface area contributed by atoms with E-state index in [1.54, 1.807) is 0 Å². The first-order valence-corrected chi connectivity index (χ1v) is 7.38. The number of carbonyl (C=O) groups excluding carboxylic acids is 1. The Bertz CT molecular complexity index is 499. The van der Waals surface area contributed by atoms with E-state index < -0.39 is 5.97 Å². The summed E-state index contributed by atoms with van der Waals surface area (Å²) in [6.45, 7) is 3.15. The van der Waals surface area contributed by atoms with Gasteiger partial charge in [0.05, 0.1) is 6.42 Å². The van der Waals surface area contributed by atoms with E-state index in [0.29, 0.717) is 19.5 Å². The predicted octanol–water partition coefficient (Wildman–Crippen LogP) is 1.94. The molecule has 1 saturated heterocycles.